The van der Waals surface area contributed by atoms with Gasteiger partial charge in [0.2, 0.25) is 11.9 Å². The van der Waals surface area contributed by atoms with Crippen LogP contribution in [-0.2, 0) is 16.1 Å². The van der Waals surface area contributed by atoms with E-state index >= 15 is 0 Å². The highest BCUT2D eigenvalue weighted by molar-refractivity contribution is 9.10. The monoisotopic (exact) mass is 461 g/mol. The van der Waals surface area contributed by atoms with Crippen molar-refractivity contribution in [3.05, 3.63) is 28.2 Å². The molecule has 0 bridgehead atoms. The van der Waals surface area contributed by atoms with Gasteiger partial charge in [-0.05, 0) is 28.9 Å². The molecule has 2 aromatic rings. The molecule has 0 saturated carbocycles. The number of anilines is 2. The Balaban J connectivity index is 1.64. The van der Waals surface area contributed by atoms with Gasteiger partial charge >= 0.3 is 0 Å². The maximum absolute atomic E-state index is 13.8. The van der Waals surface area contributed by atoms with E-state index in [0.29, 0.717) is 24.9 Å². The second-order valence-electron chi connectivity index (χ2n) is 5.71. The van der Waals surface area contributed by atoms with Crippen molar-refractivity contribution >= 4 is 45.2 Å². The maximum Gasteiger partial charge on any atom is 0.234 e. The zero-order valence-electron chi connectivity index (χ0n) is 14.5. The highest BCUT2D eigenvalue weighted by atomic mass is 79.9. The van der Waals surface area contributed by atoms with E-state index in [9.17, 15) is 13.6 Å². The van der Waals surface area contributed by atoms with Crippen LogP contribution in [0.1, 0.15) is 6.92 Å². The maximum atomic E-state index is 13.8. The van der Waals surface area contributed by atoms with Crippen LogP contribution < -0.4 is 10.2 Å². The van der Waals surface area contributed by atoms with Crippen LogP contribution in [-0.4, -0.2) is 52.7 Å². The number of nitrogens with zero attached hydrogens (tertiary/aromatic N) is 4. The van der Waals surface area contributed by atoms with Crippen molar-refractivity contribution in [3.8, 4) is 0 Å². The van der Waals surface area contributed by atoms with E-state index in [4.69, 9.17) is 4.74 Å². The molecule has 1 aliphatic rings. The lowest BCUT2D eigenvalue weighted by Gasteiger charge is -2.27. The average molecular weight is 462 g/mol. The van der Waals surface area contributed by atoms with Crippen LogP contribution >= 0.6 is 27.7 Å². The largest absolute Gasteiger partial charge is 0.378 e. The Hall–Kier alpha value is -1.72. The number of rotatable bonds is 6. The molecule has 0 radical (unpaired) electrons. The van der Waals surface area contributed by atoms with E-state index in [0.717, 1.165) is 31.2 Å². The predicted octanol–water partition coefficient (Wildman–Crippen LogP) is 2.91. The van der Waals surface area contributed by atoms with Gasteiger partial charge < -0.3 is 15.0 Å². The van der Waals surface area contributed by atoms with E-state index < -0.39 is 17.5 Å². The molecule has 0 spiro atoms. The van der Waals surface area contributed by atoms with Crippen molar-refractivity contribution in [3.63, 3.8) is 0 Å². The molecule has 1 amide bonds. The summed E-state index contributed by atoms with van der Waals surface area (Å²) in [5, 5.41) is 11.5. The van der Waals surface area contributed by atoms with Crippen LogP contribution in [0.3, 0.4) is 0 Å². The number of benzene rings is 1. The lowest BCUT2D eigenvalue weighted by molar-refractivity contribution is -0.113. The number of hydrogen-bond donors (Lipinski definition) is 1. The average Bonchev–Trinajstić information content (AvgIpc) is 3.06. The number of nitrogens with one attached hydrogen (secondary N) is 1. The molecule has 146 valence electrons. The Bertz CT molecular complexity index is 806. The molecule has 0 atom stereocenters. The van der Waals surface area contributed by atoms with Crippen molar-refractivity contribution in [2.45, 2.75) is 18.6 Å². The van der Waals surface area contributed by atoms with Crippen molar-refractivity contribution in [2.24, 2.45) is 0 Å². The SMILES string of the molecule is CCn1c(SCC(=O)Nc2c(F)cc(F)cc2Br)nnc1N1CCOCC1. The lowest BCUT2D eigenvalue weighted by Crippen LogP contribution is -2.38. The summed E-state index contributed by atoms with van der Waals surface area (Å²) in [5.41, 5.74) is -0.0898. The molecular formula is C16H18BrF2N5O2S. The summed E-state index contributed by atoms with van der Waals surface area (Å²) in [7, 11) is 0. The first-order chi connectivity index (χ1) is 13.0. The Morgan fingerprint density at radius 1 is 1.33 bits per heavy atom. The standard InChI is InChI=1S/C16H18BrF2N5O2S/c1-2-24-15(23-3-5-26-6-4-23)21-22-16(24)27-9-13(25)20-14-11(17)7-10(18)8-12(14)19/h7-8H,2-6,9H2,1H3,(H,20,25). The van der Waals surface area contributed by atoms with Gasteiger partial charge in [0.05, 0.1) is 24.7 Å². The molecule has 1 fully saturated rings. The van der Waals surface area contributed by atoms with Crippen LogP contribution in [0.2, 0.25) is 0 Å². The molecule has 1 aliphatic heterocycles. The summed E-state index contributed by atoms with van der Waals surface area (Å²) < 4.78 is 34.4. The van der Waals surface area contributed by atoms with Gasteiger partial charge in [-0.15, -0.1) is 10.2 Å². The zero-order chi connectivity index (χ0) is 19.4. The molecule has 1 saturated heterocycles. The minimum absolute atomic E-state index is 0.0184. The van der Waals surface area contributed by atoms with Crippen molar-refractivity contribution in [1.82, 2.24) is 14.8 Å². The molecule has 1 aromatic heterocycles. The third kappa shape index (κ3) is 4.77. The lowest BCUT2D eigenvalue weighted by atomic mass is 10.3. The number of aromatic nitrogens is 3. The van der Waals surface area contributed by atoms with Gasteiger partial charge in [0.1, 0.15) is 5.82 Å². The molecule has 0 aliphatic carbocycles. The third-order valence-corrected chi connectivity index (χ3v) is 5.50. The first kappa shape index (κ1) is 20.0. The summed E-state index contributed by atoms with van der Waals surface area (Å²) in [4.78, 5) is 14.3. The number of ether oxygens (including phenoxy) is 1. The second kappa shape index (κ2) is 8.98. The van der Waals surface area contributed by atoms with Gasteiger partial charge in [-0.25, -0.2) is 8.78 Å². The molecule has 27 heavy (non-hydrogen) atoms. The Morgan fingerprint density at radius 2 is 2.07 bits per heavy atom. The second-order valence-corrected chi connectivity index (χ2v) is 7.50. The van der Waals surface area contributed by atoms with Crippen molar-refractivity contribution in [1.29, 1.82) is 0 Å². The summed E-state index contributed by atoms with van der Waals surface area (Å²) in [6.45, 7) is 5.38. The fourth-order valence-electron chi connectivity index (χ4n) is 2.63. The minimum Gasteiger partial charge on any atom is -0.378 e. The van der Waals surface area contributed by atoms with Crippen molar-refractivity contribution in [2.75, 3.05) is 42.3 Å². The molecule has 2 heterocycles. The number of thioether (sulfide) groups is 1. The zero-order valence-corrected chi connectivity index (χ0v) is 16.9. The Morgan fingerprint density at radius 3 is 2.74 bits per heavy atom. The summed E-state index contributed by atoms with van der Waals surface area (Å²) in [5.74, 6) is -1.23. The number of carbonyl (C=O) groups excluding carboxylic acids is 1. The van der Waals surface area contributed by atoms with Gasteiger partial charge in [-0.2, -0.15) is 0 Å². The summed E-state index contributed by atoms with van der Waals surface area (Å²) in [6.07, 6.45) is 0. The quantitative estimate of drug-likeness (QED) is 0.666. The fraction of sp³-hybridized carbons (Fsp3) is 0.438. The van der Waals surface area contributed by atoms with Crippen molar-refractivity contribution < 1.29 is 18.3 Å². The molecule has 7 nitrogen and oxygen atoms in total. The van der Waals surface area contributed by atoms with Crippen LogP contribution in [0.15, 0.2) is 21.8 Å². The number of carbonyl (C=O) groups is 1. The predicted molar refractivity (Wildman–Crippen MR) is 102 cm³/mol. The van der Waals surface area contributed by atoms with E-state index in [1.165, 1.54) is 11.8 Å². The first-order valence-corrected chi connectivity index (χ1v) is 10.1. The molecule has 1 N–H and O–H groups in total. The highest BCUT2D eigenvalue weighted by Gasteiger charge is 2.20. The van der Waals surface area contributed by atoms with Crippen LogP contribution in [0.5, 0.6) is 0 Å². The number of morpholine rings is 1. The normalized spacial score (nSPS) is 14.4. The highest BCUT2D eigenvalue weighted by Crippen LogP contribution is 2.28. The Kier molecular flexibility index (Phi) is 6.66. The van der Waals surface area contributed by atoms with Crippen LogP contribution in [0.4, 0.5) is 20.4 Å². The topological polar surface area (TPSA) is 72.3 Å². The van der Waals surface area contributed by atoms with Crippen LogP contribution in [0.25, 0.3) is 0 Å². The molecule has 1 aromatic carbocycles. The summed E-state index contributed by atoms with van der Waals surface area (Å²) in [6, 6.07) is 1.81. The third-order valence-electron chi connectivity index (χ3n) is 3.91. The van der Waals surface area contributed by atoms with Gasteiger partial charge in [-0.1, -0.05) is 11.8 Å². The van der Waals surface area contributed by atoms with E-state index in [1.807, 2.05) is 11.5 Å². The van der Waals surface area contributed by atoms with Crippen LogP contribution in [0, 0.1) is 11.6 Å². The van der Waals surface area contributed by atoms with Gasteiger partial charge in [0.15, 0.2) is 11.0 Å². The van der Waals surface area contributed by atoms with Gasteiger partial charge in [-0.3, -0.25) is 9.36 Å². The molecule has 0 unspecified atom stereocenters. The summed E-state index contributed by atoms with van der Waals surface area (Å²) >= 11 is 4.26. The molecule has 3 rings (SSSR count). The van der Waals surface area contributed by atoms with E-state index in [1.54, 1.807) is 0 Å². The smallest absolute Gasteiger partial charge is 0.234 e. The van der Waals surface area contributed by atoms with E-state index in [-0.39, 0.29) is 15.9 Å². The van der Waals surface area contributed by atoms with Gasteiger partial charge in [0.25, 0.3) is 0 Å². The van der Waals surface area contributed by atoms with E-state index in [2.05, 4.69) is 36.3 Å². The molecule has 11 heteroatoms. The first-order valence-electron chi connectivity index (χ1n) is 8.32. The fourth-order valence-corrected chi connectivity index (χ4v) is 3.93. The van der Waals surface area contributed by atoms with Gasteiger partial charge in [0, 0.05) is 30.2 Å². The Labute approximate surface area is 167 Å². The number of halogens is 3. The number of hydrogen-bond acceptors (Lipinski definition) is 6. The molecular weight excluding hydrogens is 444 g/mol. The number of amides is 1. The minimum atomic E-state index is -0.841.